The highest BCUT2D eigenvalue weighted by Crippen LogP contribution is 2.23. The SMILES string of the molecule is CCCCCCCC(F)(F)/C=C\COC(=O)CCCCCCCI. The van der Waals surface area contributed by atoms with E-state index in [9.17, 15) is 13.6 Å². The number of hydrogen-bond donors (Lipinski definition) is 0. The van der Waals surface area contributed by atoms with Gasteiger partial charge in [-0.05, 0) is 35.8 Å². The molecule has 0 atom stereocenters. The van der Waals surface area contributed by atoms with Gasteiger partial charge in [-0.2, -0.15) is 0 Å². The molecule has 24 heavy (non-hydrogen) atoms. The number of halogens is 3. The summed E-state index contributed by atoms with van der Waals surface area (Å²) in [5, 5.41) is 0. The van der Waals surface area contributed by atoms with Gasteiger partial charge in [0.25, 0.3) is 5.92 Å². The van der Waals surface area contributed by atoms with Gasteiger partial charge in [0.05, 0.1) is 0 Å². The molecule has 0 radical (unpaired) electrons. The normalized spacial score (nSPS) is 12.0. The summed E-state index contributed by atoms with van der Waals surface area (Å²) in [6.45, 7) is 2.05. The molecular weight excluding hydrogens is 425 g/mol. The molecule has 0 saturated carbocycles. The van der Waals surface area contributed by atoms with Gasteiger partial charge in [-0.15, -0.1) is 0 Å². The largest absolute Gasteiger partial charge is 0.461 e. The minimum atomic E-state index is -2.79. The second-order valence-corrected chi connectivity index (χ2v) is 7.30. The molecule has 0 heterocycles. The minimum absolute atomic E-state index is 0.0565. The number of carbonyl (C=O) groups is 1. The zero-order valence-electron chi connectivity index (χ0n) is 15.0. The zero-order valence-corrected chi connectivity index (χ0v) is 17.2. The van der Waals surface area contributed by atoms with Crippen molar-refractivity contribution in [2.45, 2.75) is 89.9 Å². The van der Waals surface area contributed by atoms with E-state index in [1.807, 2.05) is 0 Å². The summed E-state index contributed by atoms with van der Waals surface area (Å²) in [4.78, 5) is 11.5. The summed E-state index contributed by atoms with van der Waals surface area (Å²) in [7, 11) is 0. The van der Waals surface area contributed by atoms with Crippen molar-refractivity contribution < 1.29 is 18.3 Å². The predicted octanol–water partition coefficient (Wildman–Crippen LogP) is 6.86. The second kappa shape index (κ2) is 16.3. The van der Waals surface area contributed by atoms with Gasteiger partial charge in [-0.25, -0.2) is 8.78 Å². The highest BCUT2D eigenvalue weighted by Gasteiger charge is 2.23. The van der Waals surface area contributed by atoms with E-state index in [-0.39, 0.29) is 19.0 Å². The van der Waals surface area contributed by atoms with Gasteiger partial charge in [0.15, 0.2) is 0 Å². The lowest BCUT2D eigenvalue weighted by Crippen LogP contribution is -2.12. The van der Waals surface area contributed by atoms with Crippen LogP contribution in [0.2, 0.25) is 0 Å². The van der Waals surface area contributed by atoms with E-state index in [1.165, 1.54) is 23.3 Å². The van der Waals surface area contributed by atoms with E-state index in [4.69, 9.17) is 4.74 Å². The van der Waals surface area contributed by atoms with Crippen LogP contribution in [0, 0.1) is 0 Å². The molecule has 0 saturated heterocycles. The maximum atomic E-state index is 13.6. The van der Waals surface area contributed by atoms with Crippen LogP contribution in [0.4, 0.5) is 8.78 Å². The summed E-state index contributed by atoms with van der Waals surface area (Å²) < 4.78 is 33.3. The molecule has 0 spiro atoms. The highest BCUT2D eigenvalue weighted by atomic mass is 127. The zero-order chi connectivity index (χ0) is 18.1. The predicted molar refractivity (Wildman–Crippen MR) is 105 cm³/mol. The van der Waals surface area contributed by atoms with Crippen molar-refractivity contribution in [1.82, 2.24) is 0 Å². The molecule has 0 rings (SSSR count). The van der Waals surface area contributed by atoms with Crippen molar-refractivity contribution in [1.29, 1.82) is 0 Å². The lowest BCUT2D eigenvalue weighted by atomic mass is 10.1. The lowest BCUT2D eigenvalue weighted by molar-refractivity contribution is -0.142. The Hall–Kier alpha value is -0.200. The van der Waals surface area contributed by atoms with Crippen molar-refractivity contribution in [3.05, 3.63) is 12.2 Å². The van der Waals surface area contributed by atoms with E-state index in [0.717, 1.165) is 51.0 Å². The third-order valence-electron chi connectivity index (χ3n) is 3.83. The van der Waals surface area contributed by atoms with Crippen LogP contribution in [0.1, 0.15) is 84.0 Å². The van der Waals surface area contributed by atoms with Gasteiger partial charge in [0, 0.05) is 12.8 Å². The first-order chi connectivity index (χ1) is 11.5. The van der Waals surface area contributed by atoms with Crippen molar-refractivity contribution in [3.8, 4) is 0 Å². The monoisotopic (exact) mass is 458 g/mol. The van der Waals surface area contributed by atoms with E-state index in [2.05, 4.69) is 29.5 Å². The average molecular weight is 458 g/mol. The first-order valence-electron chi connectivity index (χ1n) is 9.29. The van der Waals surface area contributed by atoms with E-state index >= 15 is 0 Å². The minimum Gasteiger partial charge on any atom is -0.461 e. The molecule has 0 aliphatic rings. The molecule has 2 nitrogen and oxygen atoms in total. The van der Waals surface area contributed by atoms with Crippen LogP contribution in [0.5, 0.6) is 0 Å². The molecule has 0 amide bonds. The quantitative estimate of drug-likeness (QED) is 0.0831. The molecule has 5 heteroatoms. The van der Waals surface area contributed by atoms with Gasteiger partial charge in [-0.3, -0.25) is 4.79 Å². The number of ether oxygens (including phenoxy) is 1. The van der Waals surface area contributed by atoms with Crippen LogP contribution in [0.25, 0.3) is 0 Å². The third-order valence-corrected chi connectivity index (χ3v) is 4.59. The van der Waals surface area contributed by atoms with Gasteiger partial charge in [0.1, 0.15) is 6.61 Å². The highest BCUT2D eigenvalue weighted by molar-refractivity contribution is 14.1. The van der Waals surface area contributed by atoms with E-state index < -0.39 is 5.92 Å². The first-order valence-corrected chi connectivity index (χ1v) is 10.8. The Bertz CT molecular complexity index is 333. The number of rotatable bonds is 16. The number of hydrogen-bond acceptors (Lipinski definition) is 2. The fourth-order valence-electron chi connectivity index (χ4n) is 2.38. The molecule has 0 aromatic carbocycles. The molecule has 0 N–H and O–H groups in total. The molecule has 0 fully saturated rings. The fourth-order valence-corrected chi connectivity index (χ4v) is 2.91. The molecule has 0 aromatic heterocycles. The third kappa shape index (κ3) is 16.7. The molecule has 0 bridgehead atoms. The summed E-state index contributed by atoms with van der Waals surface area (Å²) in [6, 6.07) is 0. The Morgan fingerprint density at radius 1 is 1.00 bits per heavy atom. The van der Waals surface area contributed by atoms with Gasteiger partial charge < -0.3 is 4.74 Å². The summed E-state index contributed by atoms with van der Waals surface area (Å²) >= 11 is 2.36. The van der Waals surface area contributed by atoms with Crippen molar-refractivity contribution in [2.24, 2.45) is 0 Å². The molecular formula is C19H33F2IO2. The second-order valence-electron chi connectivity index (χ2n) is 6.22. The first kappa shape index (κ1) is 23.8. The van der Waals surface area contributed by atoms with Crippen LogP contribution in [-0.4, -0.2) is 22.9 Å². The summed E-state index contributed by atoms with van der Waals surface area (Å²) in [5.41, 5.74) is 0. The van der Waals surface area contributed by atoms with Gasteiger partial charge in [-0.1, -0.05) is 74.5 Å². The molecule has 0 unspecified atom stereocenters. The molecule has 0 aliphatic carbocycles. The van der Waals surface area contributed by atoms with E-state index in [0.29, 0.717) is 12.8 Å². The standard InChI is InChI=1S/C19H33F2IO2/c1-2-3-4-7-10-14-19(20,21)15-12-17-24-18(23)13-9-6-5-8-11-16-22/h12,15H,2-11,13-14,16-17H2,1H3/b15-12-. The van der Waals surface area contributed by atoms with Crippen LogP contribution < -0.4 is 0 Å². The Morgan fingerprint density at radius 2 is 1.62 bits per heavy atom. The Balaban J connectivity index is 3.64. The number of unbranched alkanes of at least 4 members (excludes halogenated alkanes) is 8. The van der Waals surface area contributed by atoms with Crippen LogP contribution in [0.3, 0.4) is 0 Å². The summed E-state index contributed by atoms with van der Waals surface area (Å²) in [6.07, 6.45) is 12.4. The fraction of sp³-hybridized carbons (Fsp3) is 0.842. The van der Waals surface area contributed by atoms with E-state index in [1.54, 1.807) is 0 Å². The Kier molecular flexibility index (Phi) is 16.1. The molecule has 0 aromatic rings. The molecule has 0 aliphatic heterocycles. The number of esters is 1. The van der Waals surface area contributed by atoms with Crippen molar-refractivity contribution in [2.75, 3.05) is 11.0 Å². The number of carbonyl (C=O) groups excluding carboxylic acids is 1. The Labute approximate surface area is 159 Å². The van der Waals surface area contributed by atoms with Crippen molar-refractivity contribution in [3.63, 3.8) is 0 Å². The number of alkyl halides is 3. The maximum Gasteiger partial charge on any atom is 0.306 e. The summed E-state index contributed by atoms with van der Waals surface area (Å²) in [5.74, 6) is -3.09. The van der Waals surface area contributed by atoms with Gasteiger partial charge in [0.2, 0.25) is 0 Å². The van der Waals surface area contributed by atoms with Crippen LogP contribution >= 0.6 is 22.6 Å². The number of allylic oxidation sites excluding steroid dienone is 1. The lowest BCUT2D eigenvalue weighted by Gasteiger charge is -2.11. The topological polar surface area (TPSA) is 26.3 Å². The maximum absolute atomic E-state index is 13.6. The Morgan fingerprint density at radius 3 is 2.33 bits per heavy atom. The van der Waals surface area contributed by atoms with Crippen LogP contribution in [-0.2, 0) is 9.53 Å². The average Bonchev–Trinajstić information content (AvgIpc) is 2.54. The smallest absolute Gasteiger partial charge is 0.306 e. The molecule has 142 valence electrons. The van der Waals surface area contributed by atoms with Crippen molar-refractivity contribution >= 4 is 28.6 Å². The van der Waals surface area contributed by atoms with Crippen LogP contribution in [0.15, 0.2) is 12.2 Å². The van der Waals surface area contributed by atoms with Gasteiger partial charge >= 0.3 is 5.97 Å².